The number of pyridine rings is 1. The topological polar surface area (TPSA) is 71.3 Å². The van der Waals surface area contributed by atoms with Gasteiger partial charge in [-0.3, -0.25) is 4.79 Å². The lowest BCUT2D eigenvalue weighted by atomic mass is 10.1. The SMILES string of the molecule is CCc1noc2ncc(C(=O)N3CCCC3CNC)cc12. The highest BCUT2D eigenvalue weighted by Gasteiger charge is 2.29. The van der Waals surface area contributed by atoms with Gasteiger partial charge >= 0.3 is 0 Å². The monoisotopic (exact) mass is 288 g/mol. The molecule has 112 valence electrons. The quantitative estimate of drug-likeness (QED) is 0.925. The van der Waals surface area contributed by atoms with Crippen molar-refractivity contribution < 1.29 is 9.32 Å². The number of hydrogen-bond donors (Lipinski definition) is 1. The number of likely N-dealkylation sites (N-methyl/N-ethyl adjacent to an activating group) is 1. The van der Waals surface area contributed by atoms with Crippen LogP contribution in [0.15, 0.2) is 16.8 Å². The number of rotatable bonds is 4. The number of hydrogen-bond acceptors (Lipinski definition) is 5. The Hall–Kier alpha value is -1.95. The van der Waals surface area contributed by atoms with E-state index in [9.17, 15) is 4.79 Å². The van der Waals surface area contributed by atoms with Gasteiger partial charge in [0.1, 0.15) is 0 Å². The minimum atomic E-state index is 0.0467. The second kappa shape index (κ2) is 5.81. The molecular weight excluding hydrogens is 268 g/mol. The van der Waals surface area contributed by atoms with Crippen LogP contribution < -0.4 is 5.32 Å². The van der Waals surface area contributed by atoms with Gasteiger partial charge in [0.2, 0.25) is 0 Å². The summed E-state index contributed by atoms with van der Waals surface area (Å²) in [7, 11) is 1.92. The molecule has 1 amide bonds. The highest BCUT2D eigenvalue weighted by molar-refractivity contribution is 5.97. The van der Waals surface area contributed by atoms with Crippen LogP contribution in [0, 0.1) is 0 Å². The zero-order valence-electron chi connectivity index (χ0n) is 12.4. The molecule has 1 aliphatic rings. The van der Waals surface area contributed by atoms with Crippen LogP contribution in [-0.4, -0.2) is 47.1 Å². The first-order valence-corrected chi connectivity index (χ1v) is 7.44. The van der Waals surface area contributed by atoms with Crippen molar-refractivity contribution >= 4 is 17.0 Å². The highest BCUT2D eigenvalue weighted by Crippen LogP contribution is 2.22. The fourth-order valence-corrected chi connectivity index (χ4v) is 2.97. The van der Waals surface area contributed by atoms with Crippen LogP contribution in [0.2, 0.25) is 0 Å². The van der Waals surface area contributed by atoms with E-state index in [0.717, 1.165) is 43.4 Å². The Bertz CT molecular complexity index is 652. The van der Waals surface area contributed by atoms with Crippen molar-refractivity contribution in [1.29, 1.82) is 0 Å². The summed E-state index contributed by atoms with van der Waals surface area (Å²) < 4.78 is 5.16. The van der Waals surface area contributed by atoms with E-state index < -0.39 is 0 Å². The molecule has 6 nitrogen and oxygen atoms in total. The van der Waals surface area contributed by atoms with Gasteiger partial charge in [0.15, 0.2) is 0 Å². The molecule has 2 aromatic rings. The molecule has 0 radical (unpaired) electrons. The molecule has 21 heavy (non-hydrogen) atoms. The number of aryl methyl sites for hydroxylation is 1. The summed E-state index contributed by atoms with van der Waals surface area (Å²) in [5.41, 5.74) is 1.96. The number of carbonyl (C=O) groups excluding carboxylic acids is 1. The van der Waals surface area contributed by atoms with E-state index in [-0.39, 0.29) is 11.9 Å². The molecule has 1 saturated heterocycles. The van der Waals surface area contributed by atoms with Crippen molar-refractivity contribution in [2.45, 2.75) is 32.2 Å². The number of amides is 1. The number of aromatic nitrogens is 2. The van der Waals surface area contributed by atoms with Crippen LogP contribution in [-0.2, 0) is 6.42 Å². The summed E-state index contributed by atoms with van der Waals surface area (Å²) in [6.07, 6.45) is 4.46. The molecule has 1 N–H and O–H groups in total. The first-order chi connectivity index (χ1) is 10.2. The van der Waals surface area contributed by atoms with E-state index in [1.807, 2.05) is 24.9 Å². The van der Waals surface area contributed by atoms with E-state index in [1.54, 1.807) is 6.20 Å². The lowest BCUT2D eigenvalue weighted by molar-refractivity contribution is 0.0737. The fourth-order valence-electron chi connectivity index (χ4n) is 2.97. The smallest absolute Gasteiger partial charge is 0.257 e. The number of nitrogens with one attached hydrogen (secondary N) is 1. The second-order valence-corrected chi connectivity index (χ2v) is 5.41. The molecule has 0 bridgehead atoms. The summed E-state index contributed by atoms with van der Waals surface area (Å²) in [6.45, 7) is 3.65. The third-order valence-corrected chi connectivity index (χ3v) is 4.06. The molecule has 1 aliphatic heterocycles. The van der Waals surface area contributed by atoms with Gasteiger partial charge in [-0.05, 0) is 32.4 Å². The van der Waals surface area contributed by atoms with E-state index in [1.165, 1.54) is 0 Å². The Kier molecular flexibility index (Phi) is 3.88. The maximum atomic E-state index is 12.7. The molecule has 3 heterocycles. The van der Waals surface area contributed by atoms with Crippen LogP contribution in [0.25, 0.3) is 11.1 Å². The molecule has 0 saturated carbocycles. The molecule has 0 aliphatic carbocycles. The highest BCUT2D eigenvalue weighted by atomic mass is 16.5. The van der Waals surface area contributed by atoms with Gasteiger partial charge in [-0.15, -0.1) is 0 Å². The molecule has 1 fully saturated rings. The van der Waals surface area contributed by atoms with Crippen LogP contribution in [0.1, 0.15) is 35.8 Å². The Morgan fingerprint density at radius 2 is 2.43 bits per heavy atom. The van der Waals surface area contributed by atoms with Gasteiger partial charge in [-0.25, -0.2) is 4.98 Å². The van der Waals surface area contributed by atoms with Crippen molar-refractivity contribution in [3.8, 4) is 0 Å². The lowest BCUT2D eigenvalue weighted by Crippen LogP contribution is -2.40. The summed E-state index contributed by atoms with van der Waals surface area (Å²) in [5, 5.41) is 7.98. The summed E-state index contributed by atoms with van der Waals surface area (Å²) in [4.78, 5) is 18.9. The molecule has 1 atom stereocenters. The van der Waals surface area contributed by atoms with Crippen molar-refractivity contribution in [2.24, 2.45) is 0 Å². The third kappa shape index (κ3) is 2.51. The van der Waals surface area contributed by atoms with Crippen LogP contribution in [0.5, 0.6) is 0 Å². The van der Waals surface area contributed by atoms with Crippen molar-refractivity contribution in [3.63, 3.8) is 0 Å². The number of carbonyl (C=O) groups is 1. The van der Waals surface area contributed by atoms with Gasteiger partial charge in [0, 0.05) is 25.3 Å². The normalized spacial score (nSPS) is 18.6. The second-order valence-electron chi connectivity index (χ2n) is 5.41. The van der Waals surface area contributed by atoms with Gasteiger partial charge in [0.25, 0.3) is 11.6 Å². The number of fused-ring (bicyclic) bond motifs is 1. The van der Waals surface area contributed by atoms with Gasteiger partial charge in [-0.1, -0.05) is 12.1 Å². The van der Waals surface area contributed by atoms with Crippen molar-refractivity contribution in [2.75, 3.05) is 20.1 Å². The van der Waals surface area contributed by atoms with Crippen molar-refractivity contribution in [3.05, 3.63) is 23.5 Å². The van der Waals surface area contributed by atoms with Crippen molar-refractivity contribution in [1.82, 2.24) is 20.4 Å². The average Bonchev–Trinajstić information content (AvgIpc) is 3.12. The number of likely N-dealkylation sites (tertiary alicyclic amines) is 1. The zero-order chi connectivity index (χ0) is 14.8. The standard InChI is InChI=1S/C15H20N4O2/c1-3-13-12-7-10(8-17-14(12)21-18-13)15(20)19-6-4-5-11(19)9-16-2/h7-8,11,16H,3-6,9H2,1-2H3. The van der Waals surface area contributed by atoms with E-state index in [2.05, 4.69) is 15.5 Å². The fraction of sp³-hybridized carbons (Fsp3) is 0.533. The largest absolute Gasteiger partial charge is 0.336 e. The summed E-state index contributed by atoms with van der Waals surface area (Å²) in [6, 6.07) is 2.13. The van der Waals surface area contributed by atoms with Gasteiger partial charge in [-0.2, -0.15) is 0 Å². The Labute approximate surface area is 123 Å². The molecule has 0 aromatic carbocycles. The van der Waals surface area contributed by atoms with Crippen LogP contribution in [0.3, 0.4) is 0 Å². The van der Waals surface area contributed by atoms with Crippen LogP contribution in [0.4, 0.5) is 0 Å². The zero-order valence-corrected chi connectivity index (χ0v) is 12.4. The Morgan fingerprint density at radius 1 is 1.57 bits per heavy atom. The lowest BCUT2D eigenvalue weighted by Gasteiger charge is -2.24. The van der Waals surface area contributed by atoms with E-state index >= 15 is 0 Å². The summed E-state index contributed by atoms with van der Waals surface area (Å²) in [5.74, 6) is 0.0467. The predicted octanol–water partition coefficient (Wildman–Crippen LogP) is 1.61. The Balaban J connectivity index is 1.90. The minimum absolute atomic E-state index is 0.0467. The van der Waals surface area contributed by atoms with Crippen LogP contribution >= 0.6 is 0 Å². The molecular formula is C15H20N4O2. The summed E-state index contributed by atoms with van der Waals surface area (Å²) >= 11 is 0. The predicted molar refractivity (Wildman–Crippen MR) is 79.2 cm³/mol. The first-order valence-electron chi connectivity index (χ1n) is 7.44. The molecule has 6 heteroatoms. The number of nitrogens with zero attached hydrogens (tertiary/aromatic N) is 3. The Morgan fingerprint density at radius 3 is 3.19 bits per heavy atom. The van der Waals surface area contributed by atoms with E-state index in [0.29, 0.717) is 11.3 Å². The van der Waals surface area contributed by atoms with E-state index in [4.69, 9.17) is 4.52 Å². The van der Waals surface area contributed by atoms with Gasteiger partial charge in [0.05, 0.1) is 16.6 Å². The third-order valence-electron chi connectivity index (χ3n) is 4.06. The maximum absolute atomic E-state index is 12.7. The molecule has 3 rings (SSSR count). The average molecular weight is 288 g/mol. The maximum Gasteiger partial charge on any atom is 0.257 e. The van der Waals surface area contributed by atoms with Gasteiger partial charge < -0.3 is 14.7 Å². The minimum Gasteiger partial charge on any atom is -0.336 e. The molecule has 2 aromatic heterocycles. The molecule has 0 spiro atoms. The first kappa shape index (κ1) is 14.0. The molecule has 1 unspecified atom stereocenters.